The number of amides is 1. The molecule has 0 radical (unpaired) electrons. The van der Waals surface area contributed by atoms with E-state index >= 15 is 0 Å². The molecule has 38 heavy (non-hydrogen) atoms. The quantitative estimate of drug-likeness (QED) is 0.431. The topological polar surface area (TPSA) is 95.0 Å². The average Bonchev–Trinajstić information content (AvgIpc) is 3.55. The molecule has 0 unspecified atom stereocenters. The van der Waals surface area contributed by atoms with E-state index in [9.17, 15) is 23.1 Å². The smallest absolute Gasteiger partial charge is 0.348 e. The Bertz CT molecular complexity index is 1310. The van der Waals surface area contributed by atoms with Crippen LogP contribution in [0.1, 0.15) is 80.8 Å². The summed E-state index contributed by atoms with van der Waals surface area (Å²) in [6, 6.07) is 3.06. The fraction of sp³-hybridized carbons (Fsp3) is 0.571. The van der Waals surface area contributed by atoms with Crippen molar-refractivity contribution in [3.63, 3.8) is 0 Å². The Hall–Kier alpha value is -2.19. The molecule has 1 amide bonds. The molecule has 7 nitrogen and oxygen atoms in total. The van der Waals surface area contributed by atoms with Gasteiger partial charge in [0.15, 0.2) is 0 Å². The van der Waals surface area contributed by atoms with Crippen LogP contribution in [0, 0.1) is 29.1 Å². The third kappa shape index (κ3) is 6.50. The zero-order valence-electron chi connectivity index (χ0n) is 22.4. The van der Waals surface area contributed by atoms with Gasteiger partial charge in [-0.2, -0.15) is 15.6 Å². The summed E-state index contributed by atoms with van der Waals surface area (Å²) in [5.74, 6) is 5.55. The van der Waals surface area contributed by atoms with Gasteiger partial charge >= 0.3 is 5.97 Å². The molecule has 2 aromatic rings. The summed E-state index contributed by atoms with van der Waals surface area (Å²) in [5.41, 5.74) is 0.145. The number of hydrogen-bond acceptors (Lipinski definition) is 6. The summed E-state index contributed by atoms with van der Waals surface area (Å²) in [6.07, 6.45) is 4.39. The Kier molecular flexibility index (Phi) is 8.72. The number of carboxylic acids is 1. The maximum Gasteiger partial charge on any atom is 0.348 e. The Labute approximate surface area is 233 Å². The molecule has 2 aromatic heterocycles. The second kappa shape index (κ2) is 11.5. The highest BCUT2D eigenvalue weighted by atomic mass is 32.2. The van der Waals surface area contributed by atoms with Gasteiger partial charge < -0.3 is 10.0 Å². The Morgan fingerprint density at radius 2 is 1.76 bits per heavy atom. The molecule has 1 saturated carbocycles. The van der Waals surface area contributed by atoms with Crippen LogP contribution in [-0.2, 0) is 14.8 Å². The summed E-state index contributed by atoms with van der Waals surface area (Å²) in [7, 11) is -3.59. The second-order valence-corrected chi connectivity index (χ2v) is 15.2. The van der Waals surface area contributed by atoms with Crippen LogP contribution >= 0.6 is 22.7 Å². The number of carbonyl (C=O) groups is 2. The SMILES string of the molecule is CC1CCC(C(=O)N(c2cc(C#CC(C)(C)C)sc2C(=O)O)C2CCN(S(=O)(=O)c3ccsc3)CC2)CC1. The molecule has 1 saturated heterocycles. The number of nitrogens with zero attached hydrogens (tertiary/aromatic N) is 2. The first-order valence-electron chi connectivity index (χ1n) is 13.1. The lowest BCUT2D eigenvalue weighted by atomic mass is 9.82. The number of carbonyl (C=O) groups excluding carboxylic acids is 1. The van der Waals surface area contributed by atoms with E-state index in [1.165, 1.54) is 15.6 Å². The van der Waals surface area contributed by atoms with E-state index < -0.39 is 16.0 Å². The molecule has 0 bridgehead atoms. The summed E-state index contributed by atoms with van der Waals surface area (Å²) in [6.45, 7) is 8.72. The summed E-state index contributed by atoms with van der Waals surface area (Å²) >= 11 is 2.44. The zero-order chi connectivity index (χ0) is 27.7. The third-order valence-electron chi connectivity index (χ3n) is 7.25. The van der Waals surface area contributed by atoms with Crippen LogP contribution < -0.4 is 4.90 Å². The van der Waals surface area contributed by atoms with Gasteiger partial charge in [-0.3, -0.25) is 4.79 Å². The predicted octanol–water partition coefficient (Wildman–Crippen LogP) is 5.92. The maximum absolute atomic E-state index is 14.0. The number of thiophene rings is 2. The number of sulfonamides is 1. The van der Waals surface area contributed by atoms with Crippen molar-refractivity contribution >= 4 is 50.3 Å². The van der Waals surface area contributed by atoms with Crippen molar-refractivity contribution in [3.05, 3.63) is 32.6 Å². The lowest BCUT2D eigenvalue weighted by Gasteiger charge is -2.40. The van der Waals surface area contributed by atoms with Gasteiger partial charge in [0.25, 0.3) is 0 Å². The lowest BCUT2D eigenvalue weighted by molar-refractivity contribution is -0.124. The fourth-order valence-corrected chi connectivity index (χ4v) is 8.44. The zero-order valence-corrected chi connectivity index (χ0v) is 24.8. The van der Waals surface area contributed by atoms with E-state index in [-0.39, 0.29) is 41.2 Å². The van der Waals surface area contributed by atoms with Crippen LogP contribution in [0.4, 0.5) is 5.69 Å². The van der Waals surface area contributed by atoms with Crippen LogP contribution in [0.5, 0.6) is 0 Å². The molecule has 2 fully saturated rings. The molecule has 206 valence electrons. The van der Waals surface area contributed by atoms with Crippen molar-refractivity contribution in [3.8, 4) is 11.8 Å². The highest BCUT2D eigenvalue weighted by molar-refractivity contribution is 7.89. The fourth-order valence-electron chi connectivity index (χ4n) is 5.11. The van der Waals surface area contributed by atoms with Crippen molar-refractivity contribution in [2.75, 3.05) is 18.0 Å². The molecule has 2 aliphatic rings. The van der Waals surface area contributed by atoms with Gasteiger partial charge in [0.1, 0.15) is 4.88 Å². The summed E-state index contributed by atoms with van der Waals surface area (Å²) in [5, 5.41) is 13.4. The van der Waals surface area contributed by atoms with Crippen molar-refractivity contribution in [2.24, 2.45) is 17.3 Å². The number of rotatable bonds is 6. The average molecular weight is 577 g/mol. The molecule has 3 heterocycles. The van der Waals surface area contributed by atoms with Gasteiger partial charge in [-0.25, -0.2) is 13.2 Å². The molecule has 0 atom stereocenters. The molecule has 0 spiro atoms. The monoisotopic (exact) mass is 576 g/mol. The van der Waals surface area contributed by atoms with Crippen LogP contribution in [0.3, 0.4) is 0 Å². The second-order valence-electron chi connectivity index (χ2n) is 11.4. The lowest BCUT2D eigenvalue weighted by Crippen LogP contribution is -2.51. The van der Waals surface area contributed by atoms with E-state index in [1.807, 2.05) is 20.8 Å². The molecule has 10 heteroatoms. The minimum absolute atomic E-state index is 0.0494. The van der Waals surface area contributed by atoms with E-state index in [1.54, 1.807) is 27.8 Å². The number of hydrogen-bond donors (Lipinski definition) is 1. The minimum atomic E-state index is -3.59. The molecule has 1 aliphatic heterocycles. The molecule has 0 aromatic carbocycles. The van der Waals surface area contributed by atoms with Crippen molar-refractivity contribution in [2.45, 2.75) is 77.2 Å². The van der Waals surface area contributed by atoms with Crippen LogP contribution in [-0.4, -0.2) is 48.8 Å². The Morgan fingerprint density at radius 1 is 1.11 bits per heavy atom. The van der Waals surface area contributed by atoms with E-state index in [0.29, 0.717) is 34.2 Å². The van der Waals surface area contributed by atoms with Crippen LogP contribution in [0.2, 0.25) is 0 Å². The standard InChI is InChI=1S/C28H36N2O5S3/c1-19-5-7-20(8-6-19)26(31)30(24-17-22(9-13-28(2,3)4)37-25(24)27(32)33)21-10-14-29(15-11-21)38(34,35)23-12-16-36-18-23/h12,16-21H,5-8,10-11,14-15H2,1-4H3,(H,32,33). The van der Waals surface area contributed by atoms with Gasteiger partial charge in [0.2, 0.25) is 15.9 Å². The van der Waals surface area contributed by atoms with Gasteiger partial charge in [-0.05, 0) is 82.7 Å². The predicted molar refractivity (Wildman–Crippen MR) is 152 cm³/mol. The van der Waals surface area contributed by atoms with Gasteiger partial charge in [0, 0.05) is 35.8 Å². The largest absolute Gasteiger partial charge is 0.477 e. The molecule has 1 N–H and O–H groups in total. The van der Waals surface area contributed by atoms with Gasteiger partial charge in [0.05, 0.1) is 15.5 Å². The third-order valence-corrected chi connectivity index (χ3v) is 11.0. The molecule has 4 rings (SSSR count). The minimum Gasteiger partial charge on any atom is -0.477 e. The van der Waals surface area contributed by atoms with Gasteiger partial charge in [-0.15, -0.1) is 11.3 Å². The number of aromatic carboxylic acids is 1. The van der Waals surface area contributed by atoms with E-state index in [4.69, 9.17) is 0 Å². The van der Waals surface area contributed by atoms with Crippen LogP contribution in [0.15, 0.2) is 27.8 Å². The maximum atomic E-state index is 14.0. The number of carboxylic acid groups (broad SMARTS) is 1. The molecule has 1 aliphatic carbocycles. The van der Waals surface area contributed by atoms with Crippen LogP contribution in [0.25, 0.3) is 0 Å². The van der Waals surface area contributed by atoms with E-state index in [0.717, 1.165) is 37.0 Å². The van der Waals surface area contributed by atoms with Gasteiger partial charge in [-0.1, -0.05) is 18.8 Å². The van der Waals surface area contributed by atoms with Crippen molar-refractivity contribution < 1.29 is 23.1 Å². The Balaban J connectivity index is 1.66. The first-order valence-corrected chi connectivity index (χ1v) is 16.3. The highest BCUT2D eigenvalue weighted by Crippen LogP contribution is 2.38. The highest BCUT2D eigenvalue weighted by Gasteiger charge is 2.39. The summed E-state index contributed by atoms with van der Waals surface area (Å²) in [4.78, 5) is 29.1. The number of piperidine rings is 1. The first kappa shape index (κ1) is 28.8. The molecular formula is C28H36N2O5S3. The first-order chi connectivity index (χ1) is 17.9. The summed E-state index contributed by atoms with van der Waals surface area (Å²) < 4.78 is 27.6. The Morgan fingerprint density at radius 3 is 2.32 bits per heavy atom. The van der Waals surface area contributed by atoms with Crippen molar-refractivity contribution in [1.29, 1.82) is 0 Å². The normalized spacial score (nSPS) is 21.5. The molecular weight excluding hydrogens is 541 g/mol. The number of anilines is 1. The van der Waals surface area contributed by atoms with Crippen molar-refractivity contribution in [1.82, 2.24) is 4.31 Å². The van der Waals surface area contributed by atoms with E-state index in [2.05, 4.69) is 18.8 Å².